The molecule has 94 valence electrons. The van der Waals surface area contributed by atoms with E-state index < -0.39 is 23.5 Å². The van der Waals surface area contributed by atoms with E-state index in [1.165, 1.54) is 7.11 Å². The number of rotatable bonds is 7. The molecule has 0 aromatic heterocycles. The van der Waals surface area contributed by atoms with Crippen LogP contribution in [0.3, 0.4) is 0 Å². The van der Waals surface area contributed by atoms with Crippen molar-refractivity contribution in [3.8, 4) is 0 Å². The van der Waals surface area contributed by atoms with E-state index in [1.54, 1.807) is 0 Å². The average Bonchev–Trinajstić information content (AvgIpc) is 2.22. The number of hydrogen-bond acceptors (Lipinski definition) is 5. The predicted octanol–water partition coefficient (Wildman–Crippen LogP) is -1.70. The maximum atomic E-state index is 11.3. The number of ether oxygens (including phenoxy) is 1. The highest BCUT2D eigenvalue weighted by Gasteiger charge is 2.30. The van der Waals surface area contributed by atoms with Crippen LogP contribution in [-0.4, -0.2) is 54.0 Å². The summed E-state index contributed by atoms with van der Waals surface area (Å²) >= 11 is 0. The number of hydrogen-bond donors (Lipinski definition) is 4. The van der Waals surface area contributed by atoms with Crippen LogP contribution in [0.25, 0.3) is 0 Å². The quantitative estimate of drug-likeness (QED) is 0.416. The van der Waals surface area contributed by atoms with E-state index >= 15 is 0 Å². The van der Waals surface area contributed by atoms with Crippen LogP contribution in [-0.2, 0) is 14.3 Å². The molecular formula is C9H18N2O5. The van der Waals surface area contributed by atoms with Crippen LogP contribution in [0.2, 0.25) is 0 Å². The third-order valence-corrected chi connectivity index (χ3v) is 2.04. The maximum absolute atomic E-state index is 11.3. The molecule has 5 N–H and O–H groups in total. The minimum Gasteiger partial charge on any atom is -0.479 e. The third kappa shape index (κ3) is 5.06. The van der Waals surface area contributed by atoms with Crippen LogP contribution in [0.5, 0.6) is 0 Å². The normalized spacial score (nSPS) is 16.2. The van der Waals surface area contributed by atoms with Crippen molar-refractivity contribution in [2.24, 2.45) is 5.73 Å². The molecule has 0 aromatic carbocycles. The highest BCUT2D eigenvalue weighted by molar-refractivity contribution is 5.83. The Balaban J connectivity index is 4.02. The number of carboxylic acid groups (broad SMARTS) is 1. The SMILES string of the molecule is COCCC(N)C(=O)NCC(C)(O)C(=O)O. The third-order valence-electron chi connectivity index (χ3n) is 2.04. The molecule has 0 fully saturated rings. The monoisotopic (exact) mass is 234 g/mol. The van der Waals surface area contributed by atoms with Gasteiger partial charge in [0.05, 0.1) is 12.6 Å². The second kappa shape index (κ2) is 6.41. The topological polar surface area (TPSA) is 122 Å². The zero-order valence-electron chi connectivity index (χ0n) is 9.40. The molecule has 7 nitrogen and oxygen atoms in total. The lowest BCUT2D eigenvalue weighted by molar-refractivity contribution is -0.156. The van der Waals surface area contributed by atoms with Crippen LogP contribution in [0.15, 0.2) is 0 Å². The van der Waals surface area contributed by atoms with E-state index in [9.17, 15) is 14.7 Å². The van der Waals surface area contributed by atoms with Gasteiger partial charge in [-0.3, -0.25) is 4.79 Å². The zero-order valence-corrected chi connectivity index (χ0v) is 9.40. The first kappa shape index (κ1) is 14.8. The van der Waals surface area contributed by atoms with Crippen LogP contribution in [0.1, 0.15) is 13.3 Å². The fourth-order valence-corrected chi connectivity index (χ4v) is 0.842. The number of nitrogens with two attached hydrogens (primary N) is 1. The van der Waals surface area contributed by atoms with Gasteiger partial charge < -0.3 is 26.0 Å². The molecule has 16 heavy (non-hydrogen) atoms. The number of amides is 1. The summed E-state index contributed by atoms with van der Waals surface area (Å²) in [6.07, 6.45) is 0.331. The second-order valence-corrected chi connectivity index (χ2v) is 3.68. The van der Waals surface area contributed by atoms with Crippen LogP contribution < -0.4 is 11.1 Å². The summed E-state index contributed by atoms with van der Waals surface area (Å²) in [6.45, 7) is 1.04. The number of aliphatic carboxylic acids is 1. The average molecular weight is 234 g/mol. The molecule has 0 radical (unpaired) electrons. The largest absolute Gasteiger partial charge is 0.479 e. The molecule has 1 amide bonds. The van der Waals surface area contributed by atoms with Crippen molar-refractivity contribution in [3.63, 3.8) is 0 Å². The van der Waals surface area contributed by atoms with E-state index in [1.807, 2.05) is 0 Å². The molecule has 0 aromatic rings. The van der Waals surface area contributed by atoms with Gasteiger partial charge in [-0.05, 0) is 13.3 Å². The Labute approximate surface area is 93.6 Å². The predicted molar refractivity (Wildman–Crippen MR) is 55.7 cm³/mol. The molecular weight excluding hydrogens is 216 g/mol. The van der Waals surface area contributed by atoms with Gasteiger partial charge in [-0.1, -0.05) is 0 Å². The first-order chi connectivity index (χ1) is 7.31. The number of aliphatic hydroxyl groups is 1. The summed E-state index contributed by atoms with van der Waals surface area (Å²) in [5.41, 5.74) is 3.50. The Kier molecular flexibility index (Phi) is 5.94. The highest BCUT2D eigenvalue weighted by atomic mass is 16.5. The van der Waals surface area contributed by atoms with Gasteiger partial charge in [0, 0.05) is 13.7 Å². The van der Waals surface area contributed by atoms with Crippen molar-refractivity contribution < 1.29 is 24.5 Å². The lowest BCUT2D eigenvalue weighted by Gasteiger charge is -2.19. The molecule has 0 heterocycles. The van der Waals surface area contributed by atoms with E-state index in [0.717, 1.165) is 6.92 Å². The van der Waals surface area contributed by atoms with Crippen molar-refractivity contribution >= 4 is 11.9 Å². The molecule has 0 bridgehead atoms. The summed E-state index contributed by atoms with van der Waals surface area (Å²) in [5.74, 6) is -1.92. The molecule has 0 rings (SSSR count). The van der Waals surface area contributed by atoms with Crippen molar-refractivity contribution in [2.75, 3.05) is 20.3 Å². The molecule has 0 aliphatic heterocycles. The first-order valence-electron chi connectivity index (χ1n) is 4.79. The van der Waals surface area contributed by atoms with Crippen LogP contribution in [0, 0.1) is 0 Å². The van der Waals surface area contributed by atoms with Gasteiger partial charge in [0.25, 0.3) is 0 Å². The lowest BCUT2D eigenvalue weighted by Crippen LogP contribution is -2.50. The molecule has 0 spiro atoms. The Morgan fingerprint density at radius 2 is 2.12 bits per heavy atom. The molecule has 7 heteroatoms. The molecule has 0 aliphatic rings. The highest BCUT2D eigenvalue weighted by Crippen LogP contribution is 2.01. The summed E-state index contributed by atoms with van der Waals surface area (Å²) < 4.78 is 4.74. The Hall–Kier alpha value is -1.18. The van der Waals surface area contributed by atoms with Crippen molar-refractivity contribution in [2.45, 2.75) is 25.0 Å². The fraction of sp³-hybridized carbons (Fsp3) is 0.778. The van der Waals surface area contributed by atoms with Crippen LogP contribution >= 0.6 is 0 Å². The molecule has 0 saturated carbocycles. The zero-order chi connectivity index (χ0) is 12.8. The minimum absolute atomic E-state index is 0.331. The Morgan fingerprint density at radius 1 is 1.56 bits per heavy atom. The Morgan fingerprint density at radius 3 is 2.56 bits per heavy atom. The fourth-order valence-electron chi connectivity index (χ4n) is 0.842. The molecule has 2 atom stereocenters. The van der Waals surface area contributed by atoms with Crippen molar-refractivity contribution in [3.05, 3.63) is 0 Å². The lowest BCUT2D eigenvalue weighted by atomic mass is 10.1. The standard InChI is InChI=1S/C9H18N2O5/c1-9(15,8(13)14)5-11-7(12)6(10)3-4-16-2/h6,15H,3-5,10H2,1-2H3,(H,11,12)(H,13,14). The Bertz CT molecular complexity index is 254. The summed E-state index contributed by atoms with van der Waals surface area (Å²) in [7, 11) is 1.49. The number of carboxylic acids is 1. The number of methoxy groups -OCH3 is 1. The number of carbonyl (C=O) groups excluding carboxylic acids is 1. The smallest absolute Gasteiger partial charge is 0.337 e. The number of nitrogens with one attached hydrogen (secondary N) is 1. The number of carbonyl (C=O) groups is 2. The molecule has 2 unspecified atom stereocenters. The van der Waals surface area contributed by atoms with Gasteiger partial charge in [0.15, 0.2) is 5.60 Å². The maximum Gasteiger partial charge on any atom is 0.337 e. The molecule has 0 saturated heterocycles. The van der Waals surface area contributed by atoms with Crippen molar-refractivity contribution in [1.82, 2.24) is 5.32 Å². The first-order valence-corrected chi connectivity index (χ1v) is 4.79. The van der Waals surface area contributed by atoms with Gasteiger partial charge in [0.1, 0.15) is 0 Å². The van der Waals surface area contributed by atoms with E-state index in [-0.39, 0.29) is 6.54 Å². The van der Waals surface area contributed by atoms with E-state index in [4.69, 9.17) is 15.6 Å². The molecule has 0 aliphatic carbocycles. The summed E-state index contributed by atoms with van der Waals surface area (Å²) in [5, 5.41) is 20.2. The van der Waals surface area contributed by atoms with Gasteiger partial charge in [-0.15, -0.1) is 0 Å². The second-order valence-electron chi connectivity index (χ2n) is 3.68. The van der Waals surface area contributed by atoms with Gasteiger partial charge >= 0.3 is 5.97 Å². The minimum atomic E-state index is -1.99. The van der Waals surface area contributed by atoms with Crippen molar-refractivity contribution in [1.29, 1.82) is 0 Å². The van der Waals surface area contributed by atoms with E-state index in [2.05, 4.69) is 5.32 Å². The summed E-state index contributed by atoms with van der Waals surface area (Å²) in [6, 6.07) is -0.774. The van der Waals surface area contributed by atoms with E-state index in [0.29, 0.717) is 13.0 Å². The van der Waals surface area contributed by atoms with Crippen LogP contribution in [0.4, 0.5) is 0 Å². The van der Waals surface area contributed by atoms with Gasteiger partial charge in [-0.2, -0.15) is 0 Å². The summed E-state index contributed by atoms with van der Waals surface area (Å²) in [4.78, 5) is 21.8. The van der Waals surface area contributed by atoms with Gasteiger partial charge in [0.2, 0.25) is 5.91 Å². The van der Waals surface area contributed by atoms with Gasteiger partial charge in [-0.25, -0.2) is 4.79 Å².